The largest absolute Gasteiger partial charge is 0.383 e. The van der Waals surface area contributed by atoms with E-state index in [9.17, 15) is 0 Å². The predicted octanol–water partition coefficient (Wildman–Crippen LogP) is -1.71. The zero-order chi connectivity index (χ0) is 10.9. The minimum atomic E-state index is 0.550. The van der Waals surface area contributed by atoms with E-state index in [1.54, 1.807) is 7.11 Å². The maximum atomic E-state index is 5.33. The molecule has 15 heavy (non-hydrogen) atoms. The van der Waals surface area contributed by atoms with Crippen molar-refractivity contribution in [2.45, 2.75) is 0 Å². The van der Waals surface area contributed by atoms with Gasteiger partial charge in [-0.15, -0.1) is 0 Å². The summed E-state index contributed by atoms with van der Waals surface area (Å²) in [5.41, 5.74) is 5.59. The second-order valence-electron chi connectivity index (χ2n) is 3.08. The van der Waals surface area contributed by atoms with Gasteiger partial charge in [-0.2, -0.15) is 0 Å². The van der Waals surface area contributed by atoms with Crippen LogP contribution in [0.4, 0.5) is 0 Å². The third-order valence-electron chi connectivity index (χ3n) is 1.98. The van der Waals surface area contributed by atoms with Crippen LogP contribution in [0.2, 0.25) is 0 Å². The molecule has 88 valence electrons. The van der Waals surface area contributed by atoms with Gasteiger partial charge < -0.3 is 9.47 Å². The van der Waals surface area contributed by atoms with Crippen LogP contribution >= 0.6 is 0 Å². The maximum Gasteiger partial charge on any atom is 0.220 e. The van der Waals surface area contributed by atoms with Gasteiger partial charge in [-0.05, 0) is 0 Å². The van der Waals surface area contributed by atoms with Crippen LogP contribution in [0.5, 0.6) is 0 Å². The van der Waals surface area contributed by atoms with Gasteiger partial charge in [-0.3, -0.25) is 10.9 Å². The number of nitrogens with one attached hydrogen (secondary N) is 2. The monoisotopic (exact) mass is 217 g/mol. The van der Waals surface area contributed by atoms with Crippen LogP contribution in [-0.4, -0.2) is 57.5 Å². The molecule has 1 heterocycles. The summed E-state index contributed by atoms with van der Waals surface area (Å²) in [6, 6.07) is 0. The molecule has 0 saturated carbocycles. The van der Waals surface area contributed by atoms with Crippen molar-refractivity contribution in [2.24, 2.45) is 10.8 Å². The number of guanidine groups is 1. The molecule has 1 saturated heterocycles. The molecule has 1 aliphatic rings. The van der Waals surface area contributed by atoms with Crippen molar-refractivity contribution in [1.82, 2.24) is 15.9 Å². The van der Waals surface area contributed by atoms with Gasteiger partial charge in [-0.1, -0.05) is 0 Å². The molecule has 0 radical (unpaired) electrons. The average Bonchev–Trinajstić information content (AvgIpc) is 2.29. The summed E-state index contributed by atoms with van der Waals surface area (Å²) in [6.45, 7) is 4.26. The fraction of sp³-hybridized carbons (Fsp3) is 0.875. The molecule has 0 aromatic heterocycles. The number of morpholine rings is 1. The molecule has 1 aliphatic heterocycles. The van der Waals surface area contributed by atoms with E-state index in [4.69, 9.17) is 15.3 Å². The second-order valence-corrected chi connectivity index (χ2v) is 3.08. The Kier molecular flexibility index (Phi) is 6.02. The Bertz CT molecular complexity index is 193. The fourth-order valence-corrected chi connectivity index (χ4v) is 1.19. The number of hydrogen-bond acceptors (Lipinski definition) is 5. The van der Waals surface area contributed by atoms with Gasteiger partial charge in [0.2, 0.25) is 5.96 Å². The van der Waals surface area contributed by atoms with Crippen molar-refractivity contribution < 1.29 is 9.47 Å². The third kappa shape index (κ3) is 4.93. The van der Waals surface area contributed by atoms with Gasteiger partial charge in [0.1, 0.15) is 0 Å². The Morgan fingerprint density at radius 1 is 1.53 bits per heavy atom. The molecule has 0 amide bonds. The molecule has 0 bridgehead atoms. The van der Waals surface area contributed by atoms with Crippen molar-refractivity contribution in [2.75, 3.05) is 46.6 Å². The van der Waals surface area contributed by atoms with E-state index in [1.165, 1.54) is 0 Å². The first-order valence-corrected chi connectivity index (χ1v) is 4.96. The summed E-state index contributed by atoms with van der Waals surface area (Å²) in [6.07, 6.45) is 0. The van der Waals surface area contributed by atoms with Crippen LogP contribution in [0.25, 0.3) is 0 Å². The minimum Gasteiger partial charge on any atom is -0.383 e. The highest BCUT2D eigenvalue weighted by molar-refractivity contribution is 5.78. The van der Waals surface area contributed by atoms with Crippen LogP contribution in [0.15, 0.2) is 4.99 Å². The first kappa shape index (κ1) is 12.2. The Labute approximate surface area is 89.6 Å². The lowest BCUT2D eigenvalue weighted by atomic mass is 10.5. The van der Waals surface area contributed by atoms with Crippen LogP contribution in [0.1, 0.15) is 0 Å². The standard InChI is InChI=1S/C8H19N5O2/c1-14-5-2-10-8(11-9)12-13-3-6-15-7-4-13/h2-7,9H2,1H3,(H2,10,11,12). The van der Waals surface area contributed by atoms with Gasteiger partial charge in [0.05, 0.1) is 26.4 Å². The van der Waals surface area contributed by atoms with Crippen LogP contribution in [-0.2, 0) is 9.47 Å². The summed E-state index contributed by atoms with van der Waals surface area (Å²) in [5.74, 6) is 5.88. The highest BCUT2D eigenvalue weighted by atomic mass is 16.5. The van der Waals surface area contributed by atoms with E-state index in [0.29, 0.717) is 19.1 Å². The number of nitrogens with zero attached hydrogens (tertiary/aromatic N) is 2. The lowest BCUT2D eigenvalue weighted by Crippen LogP contribution is -2.54. The lowest BCUT2D eigenvalue weighted by molar-refractivity contribution is 0.0241. The number of nitrogens with two attached hydrogens (primary N) is 1. The Morgan fingerprint density at radius 2 is 2.27 bits per heavy atom. The number of hydrogen-bond donors (Lipinski definition) is 3. The van der Waals surface area contributed by atoms with Gasteiger partial charge >= 0.3 is 0 Å². The van der Waals surface area contributed by atoms with Crippen molar-refractivity contribution in [3.05, 3.63) is 0 Å². The van der Waals surface area contributed by atoms with Crippen LogP contribution in [0, 0.1) is 0 Å². The molecule has 0 spiro atoms. The number of rotatable bonds is 4. The SMILES string of the molecule is COCCN=C(NN)NN1CCOCC1. The number of ether oxygens (including phenoxy) is 2. The maximum absolute atomic E-state index is 5.33. The van der Waals surface area contributed by atoms with E-state index in [0.717, 1.165) is 26.3 Å². The first-order valence-electron chi connectivity index (χ1n) is 4.96. The molecule has 0 aromatic carbocycles. The Morgan fingerprint density at radius 3 is 2.87 bits per heavy atom. The van der Waals surface area contributed by atoms with Crippen molar-refractivity contribution in [1.29, 1.82) is 0 Å². The summed E-state index contributed by atoms with van der Waals surface area (Å²) in [4.78, 5) is 4.19. The topological polar surface area (TPSA) is 84.1 Å². The Balaban J connectivity index is 2.27. The van der Waals surface area contributed by atoms with Gasteiger partial charge in [0.25, 0.3) is 0 Å². The smallest absolute Gasteiger partial charge is 0.220 e. The molecule has 0 atom stereocenters. The summed E-state index contributed by atoms with van der Waals surface area (Å²) < 4.78 is 10.1. The van der Waals surface area contributed by atoms with E-state index in [1.807, 2.05) is 5.01 Å². The van der Waals surface area contributed by atoms with Crippen LogP contribution in [0.3, 0.4) is 0 Å². The average molecular weight is 217 g/mol. The molecule has 1 rings (SSSR count). The van der Waals surface area contributed by atoms with Gasteiger partial charge in [0.15, 0.2) is 0 Å². The molecule has 0 aliphatic carbocycles. The minimum absolute atomic E-state index is 0.550. The first-order chi connectivity index (χ1) is 7.36. The highest BCUT2D eigenvalue weighted by Crippen LogP contribution is 1.91. The molecule has 0 aromatic rings. The number of aliphatic imine (C=N–C) groups is 1. The number of hydrazine groups is 2. The summed E-state index contributed by atoms with van der Waals surface area (Å²) in [5, 5.41) is 2.01. The zero-order valence-corrected chi connectivity index (χ0v) is 9.03. The molecular weight excluding hydrogens is 198 g/mol. The van der Waals surface area contributed by atoms with Crippen LogP contribution < -0.4 is 16.7 Å². The third-order valence-corrected chi connectivity index (χ3v) is 1.98. The van der Waals surface area contributed by atoms with E-state index in [-0.39, 0.29) is 0 Å². The molecule has 4 N–H and O–H groups in total. The zero-order valence-electron chi connectivity index (χ0n) is 9.03. The molecule has 0 unspecified atom stereocenters. The van der Waals surface area contributed by atoms with E-state index >= 15 is 0 Å². The molecular formula is C8H19N5O2. The normalized spacial score (nSPS) is 18.9. The van der Waals surface area contributed by atoms with Gasteiger partial charge in [0, 0.05) is 20.2 Å². The number of methoxy groups -OCH3 is 1. The van der Waals surface area contributed by atoms with E-state index in [2.05, 4.69) is 15.8 Å². The quantitative estimate of drug-likeness (QED) is 0.171. The van der Waals surface area contributed by atoms with Gasteiger partial charge in [-0.25, -0.2) is 15.8 Å². The summed E-state index contributed by atoms with van der Waals surface area (Å²) >= 11 is 0. The molecule has 7 nitrogen and oxygen atoms in total. The highest BCUT2D eigenvalue weighted by Gasteiger charge is 2.10. The fourth-order valence-electron chi connectivity index (χ4n) is 1.19. The van der Waals surface area contributed by atoms with Crippen molar-refractivity contribution in [3.8, 4) is 0 Å². The second kappa shape index (κ2) is 7.41. The Hall–Kier alpha value is -0.890. The van der Waals surface area contributed by atoms with Crippen molar-refractivity contribution in [3.63, 3.8) is 0 Å². The van der Waals surface area contributed by atoms with Crippen molar-refractivity contribution >= 4 is 5.96 Å². The lowest BCUT2D eigenvalue weighted by Gasteiger charge is -2.28. The molecule has 7 heteroatoms. The predicted molar refractivity (Wildman–Crippen MR) is 57.0 cm³/mol. The molecule has 1 fully saturated rings. The summed E-state index contributed by atoms with van der Waals surface area (Å²) in [7, 11) is 1.64. The van der Waals surface area contributed by atoms with E-state index < -0.39 is 0 Å².